The number of amides is 4. The normalized spacial score (nSPS) is 16.8. The second kappa shape index (κ2) is 7.16. The Morgan fingerprint density at radius 3 is 2.69 bits per heavy atom. The van der Waals surface area contributed by atoms with Gasteiger partial charge in [0.05, 0.1) is 12.5 Å². The summed E-state index contributed by atoms with van der Waals surface area (Å²) in [6, 6.07) is 7.43. The van der Waals surface area contributed by atoms with Crippen molar-refractivity contribution >= 4 is 23.5 Å². The van der Waals surface area contributed by atoms with Crippen LogP contribution in [0.2, 0.25) is 0 Å². The van der Waals surface area contributed by atoms with Crippen molar-refractivity contribution in [2.75, 3.05) is 24.5 Å². The standard InChI is InChI=1S/C19H22N4O3/c1-13-5-3-6-16(14(13)2)21(10-4-9-20)17(24)12-23-18(25)11-22(19(23)26)15-7-8-15/h3,5-6,15H,4,7-8,10-12H2,1-2H3. The van der Waals surface area contributed by atoms with E-state index >= 15 is 0 Å². The molecule has 2 fully saturated rings. The first-order chi connectivity index (χ1) is 12.4. The number of hydrogen-bond donors (Lipinski definition) is 0. The summed E-state index contributed by atoms with van der Waals surface area (Å²) in [6.07, 6.45) is 2.00. The van der Waals surface area contributed by atoms with E-state index in [1.165, 1.54) is 4.90 Å². The maximum Gasteiger partial charge on any atom is 0.327 e. The second-order valence-corrected chi connectivity index (χ2v) is 6.79. The van der Waals surface area contributed by atoms with E-state index < -0.39 is 0 Å². The van der Waals surface area contributed by atoms with Crippen LogP contribution in [-0.2, 0) is 9.59 Å². The van der Waals surface area contributed by atoms with Gasteiger partial charge in [0.15, 0.2) is 0 Å². The SMILES string of the molecule is Cc1cccc(N(CCC#N)C(=O)CN2C(=O)CN(C3CC3)C2=O)c1C. The molecule has 1 saturated heterocycles. The molecule has 1 saturated carbocycles. The number of anilines is 1. The van der Waals surface area contributed by atoms with Gasteiger partial charge in [-0.3, -0.25) is 14.5 Å². The van der Waals surface area contributed by atoms with Gasteiger partial charge in [-0.05, 0) is 43.9 Å². The highest BCUT2D eigenvalue weighted by atomic mass is 16.2. The minimum absolute atomic E-state index is 0.0540. The predicted octanol–water partition coefficient (Wildman–Crippen LogP) is 1.98. The Kier molecular flexibility index (Phi) is 4.94. The Labute approximate surface area is 152 Å². The van der Waals surface area contributed by atoms with Gasteiger partial charge < -0.3 is 9.80 Å². The van der Waals surface area contributed by atoms with E-state index in [2.05, 4.69) is 0 Å². The fourth-order valence-corrected chi connectivity index (χ4v) is 3.18. The highest BCUT2D eigenvalue weighted by Gasteiger charge is 2.44. The molecule has 0 spiro atoms. The third-order valence-electron chi connectivity index (χ3n) is 4.98. The third-order valence-corrected chi connectivity index (χ3v) is 4.98. The first-order valence-electron chi connectivity index (χ1n) is 8.78. The maximum atomic E-state index is 12.9. The van der Waals surface area contributed by atoms with Crippen molar-refractivity contribution in [2.45, 2.75) is 39.2 Å². The van der Waals surface area contributed by atoms with Crippen molar-refractivity contribution in [2.24, 2.45) is 0 Å². The van der Waals surface area contributed by atoms with Crippen molar-refractivity contribution in [3.05, 3.63) is 29.3 Å². The van der Waals surface area contributed by atoms with Crippen LogP contribution in [0.5, 0.6) is 0 Å². The average molecular weight is 354 g/mol. The number of imide groups is 1. The molecule has 0 unspecified atom stereocenters. The molecule has 0 aromatic heterocycles. The van der Waals surface area contributed by atoms with Gasteiger partial charge >= 0.3 is 6.03 Å². The molecule has 1 aliphatic heterocycles. The fourth-order valence-electron chi connectivity index (χ4n) is 3.18. The smallest absolute Gasteiger partial charge is 0.312 e. The van der Waals surface area contributed by atoms with Crippen molar-refractivity contribution in [3.8, 4) is 6.07 Å². The molecule has 136 valence electrons. The van der Waals surface area contributed by atoms with Gasteiger partial charge in [0.2, 0.25) is 5.91 Å². The molecule has 1 heterocycles. The minimum Gasteiger partial charge on any atom is -0.312 e. The Bertz CT molecular complexity index is 794. The van der Waals surface area contributed by atoms with Gasteiger partial charge in [-0.15, -0.1) is 0 Å². The predicted molar refractivity (Wildman–Crippen MR) is 95.3 cm³/mol. The number of carbonyl (C=O) groups is 3. The van der Waals surface area contributed by atoms with Crippen molar-refractivity contribution in [1.82, 2.24) is 9.80 Å². The summed E-state index contributed by atoms with van der Waals surface area (Å²) in [5.74, 6) is -0.690. The molecule has 0 atom stereocenters. The van der Waals surface area contributed by atoms with Crippen LogP contribution in [0.25, 0.3) is 0 Å². The van der Waals surface area contributed by atoms with Crippen LogP contribution in [-0.4, -0.2) is 53.3 Å². The molecule has 0 radical (unpaired) electrons. The molecule has 0 bridgehead atoms. The quantitative estimate of drug-likeness (QED) is 0.731. The number of carbonyl (C=O) groups excluding carboxylic acids is 3. The van der Waals surface area contributed by atoms with Crippen LogP contribution in [0.4, 0.5) is 10.5 Å². The summed E-state index contributed by atoms with van der Waals surface area (Å²) >= 11 is 0. The lowest BCUT2D eigenvalue weighted by atomic mass is 10.1. The molecule has 7 nitrogen and oxygen atoms in total. The Morgan fingerprint density at radius 2 is 2.04 bits per heavy atom. The summed E-state index contributed by atoms with van der Waals surface area (Å²) in [7, 11) is 0. The number of rotatable bonds is 6. The lowest BCUT2D eigenvalue weighted by Crippen LogP contribution is -2.44. The number of hydrogen-bond acceptors (Lipinski definition) is 4. The fraction of sp³-hybridized carbons (Fsp3) is 0.474. The molecule has 7 heteroatoms. The van der Waals surface area contributed by atoms with Gasteiger partial charge in [-0.2, -0.15) is 5.26 Å². The first kappa shape index (κ1) is 17.9. The molecule has 3 rings (SSSR count). The third kappa shape index (κ3) is 3.40. The maximum absolute atomic E-state index is 12.9. The zero-order chi connectivity index (χ0) is 18.8. The van der Waals surface area contributed by atoms with Crippen LogP contribution in [0, 0.1) is 25.2 Å². The highest BCUT2D eigenvalue weighted by Crippen LogP contribution is 2.30. The van der Waals surface area contributed by atoms with E-state index in [4.69, 9.17) is 5.26 Å². The van der Waals surface area contributed by atoms with Crippen LogP contribution < -0.4 is 4.90 Å². The minimum atomic E-state index is -0.382. The Balaban J connectivity index is 1.79. The van der Waals surface area contributed by atoms with Crippen molar-refractivity contribution < 1.29 is 14.4 Å². The van der Waals surface area contributed by atoms with Gasteiger partial charge in [0, 0.05) is 18.3 Å². The van der Waals surface area contributed by atoms with Crippen LogP contribution in [0.3, 0.4) is 0 Å². The molecular weight excluding hydrogens is 332 g/mol. The summed E-state index contributed by atoms with van der Waals surface area (Å²) in [5, 5.41) is 8.93. The molecule has 1 aromatic rings. The van der Waals surface area contributed by atoms with Crippen molar-refractivity contribution in [1.29, 1.82) is 5.26 Å². The molecule has 4 amide bonds. The lowest BCUT2D eigenvalue weighted by Gasteiger charge is -2.26. The topological polar surface area (TPSA) is 84.7 Å². The number of nitriles is 1. The van der Waals surface area contributed by atoms with Gasteiger partial charge in [-0.1, -0.05) is 12.1 Å². The summed E-state index contributed by atoms with van der Waals surface area (Å²) in [6.45, 7) is 3.85. The molecule has 1 aliphatic carbocycles. The number of nitrogens with zero attached hydrogens (tertiary/aromatic N) is 4. The summed E-state index contributed by atoms with van der Waals surface area (Å²) in [5.41, 5.74) is 2.69. The Hall–Kier alpha value is -2.88. The largest absolute Gasteiger partial charge is 0.327 e. The number of urea groups is 1. The van der Waals surface area contributed by atoms with E-state index in [0.29, 0.717) is 5.69 Å². The van der Waals surface area contributed by atoms with Crippen LogP contribution in [0.15, 0.2) is 18.2 Å². The monoisotopic (exact) mass is 354 g/mol. The van der Waals surface area contributed by atoms with E-state index in [-0.39, 0.29) is 49.9 Å². The molecule has 26 heavy (non-hydrogen) atoms. The molecular formula is C19H22N4O3. The highest BCUT2D eigenvalue weighted by molar-refractivity contribution is 6.07. The summed E-state index contributed by atoms with van der Waals surface area (Å²) < 4.78 is 0. The Morgan fingerprint density at radius 1 is 1.31 bits per heavy atom. The van der Waals surface area contributed by atoms with E-state index in [1.54, 1.807) is 4.90 Å². The molecule has 0 N–H and O–H groups in total. The zero-order valence-corrected chi connectivity index (χ0v) is 15.1. The first-order valence-corrected chi connectivity index (χ1v) is 8.78. The molecule has 2 aliphatic rings. The zero-order valence-electron chi connectivity index (χ0n) is 15.1. The van der Waals surface area contributed by atoms with Gasteiger partial charge in [0.25, 0.3) is 5.91 Å². The molecule has 1 aromatic carbocycles. The van der Waals surface area contributed by atoms with Gasteiger partial charge in [0.1, 0.15) is 13.1 Å². The van der Waals surface area contributed by atoms with Crippen molar-refractivity contribution in [3.63, 3.8) is 0 Å². The van der Waals surface area contributed by atoms with Gasteiger partial charge in [-0.25, -0.2) is 4.79 Å². The van der Waals surface area contributed by atoms with E-state index in [1.807, 2.05) is 38.1 Å². The van der Waals surface area contributed by atoms with Crippen LogP contribution in [0.1, 0.15) is 30.4 Å². The second-order valence-electron chi connectivity index (χ2n) is 6.79. The number of aryl methyl sites for hydroxylation is 1. The van der Waals surface area contributed by atoms with E-state index in [9.17, 15) is 14.4 Å². The summed E-state index contributed by atoms with van der Waals surface area (Å²) in [4.78, 5) is 41.6. The average Bonchev–Trinajstić information content (AvgIpc) is 3.41. The lowest BCUT2D eigenvalue weighted by molar-refractivity contribution is -0.129. The van der Waals surface area contributed by atoms with E-state index in [0.717, 1.165) is 28.9 Å². The number of benzene rings is 1. The van der Waals surface area contributed by atoms with Crippen LogP contribution >= 0.6 is 0 Å².